The molecule has 18 heavy (non-hydrogen) atoms. The Morgan fingerprint density at radius 3 is 2.39 bits per heavy atom. The zero-order valence-corrected chi connectivity index (χ0v) is 9.58. The standard InChI is InChI=1S/C14H10F2O2/c1-8-10(3-2-4-12(8)15)11-6-5-9(14(17)18)7-13(11)16/h2-7H,1H3,(H,17,18). The van der Waals surface area contributed by atoms with Crippen molar-refractivity contribution >= 4 is 5.97 Å². The second-order valence-electron chi connectivity index (χ2n) is 3.91. The fourth-order valence-corrected chi connectivity index (χ4v) is 1.77. The molecule has 0 heterocycles. The van der Waals surface area contributed by atoms with E-state index in [4.69, 9.17) is 5.11 Å². The van der Waals surface area contributed by atoms with Gasteiger partial charge in [-0.25, -0.2) is 13.6 Å². The van der Waals surface area contributed by atoms with E-state index in [-0.39, 0.29) is 11.1 Å². The first-order chi connectivity index (χ1) is 8.50. The summed E-state index contributed by atoms with van der Waals surface area (Å²) in [6.07, 6.45) is 0. The summed E-state index contributed by atoms with van der Waals surface area (Å²) in [5.41, 5.74) is 0.811. The van der Waals surface area contributed by atoms with Gasteiger partial charge in [-0.15, -0.1) is 0 Å². The maximum Gasteiger partial charge on any atom is 0.335 e. The Labute approximate surface area is 103 Å². The molecule has 0 amide bonds. The molecule has 4 heteroatoms. The van der Waals surface area contributed by atoms with Gasteiger partial charge in [0.25, 0.3) is 0 Å². The number of benzene rings is 2. The highest BCUT2D eigenvalue weighted by Crippen LogP contribution is 2.28. The van der Waals surface area contributed by atoms with Crippen LogP contribution in [-0.2, 0) is 0 Å². The smallest absolute Gasteiger partial charge is 0.335 e. The lowest BCUT2D eigenvalue weighted by molar-refractivity contribution is 0.0696. The number of halogens is 2. The lowest BCUT2D eigenvalue weighted by atomic mass is 9.98. The Bertz CT molecular complexity index is 621. The van der Waals surface area contributed by atoms with Crippen LogP contribution in [0.4, 0.5) is 8.78 Å². The zero-order chi connectivity index (χ0) is 13.3. The minimum atomic E-state index is -1.20. The van der Waals surface area contributed by atoms with Crippen LogP contribution >= 0.6 is 0 Å². The van der Waals surface area contributed by atoms with Gasteiger partial charge in [0.2, 0.25) is 0 Å². The normalized spacial score (nSPS) is 10.4. The fourth-order valence-electron chi connectivity index (χ4n) is 1.77. The van der Waals surface area contributed by atoms with Crippen LogP contribution in [0, 0.1) is 18.6 Å². The van der Waals surface area contributed by atoms with Crippen molar-refractivity contribution in [3.05, 3.63) is 59.2 Å². The maximum atomic E-state index is 13.8. The highest BCUT2D eigenvalue weighted by molar-refractivity contribution is 5.88. The molecule has 0 aliphatic heterocycles. The number of carbonyl (C=O) groups is 1. The molecule has 0 fully saturated rings. The van der Waals surface area contributed by atoms with E-state index in [0.717, 1.165) is 6.07 Å². The number of carboxylic acid groups (broad SMARTS) is 1. The zero-order valence-electron chi connectivity index (χ0n) is 9.58. The van der Waals surface area contributed by atoms with E-state index in [1.807, 2.05) is 0 Å². The average Bonchev–Trinajstić information content (AvgIpc) is 2.33. The minimum absolute atomic E-state index is 0.134. The van der Waals surface area contributed by atoms with Gasteiger partial charge < -0.3 is 5.11 Å². The summed E-state index contributed by atoms with van der Waals surface area (Å²) in [4.78, 5) is 10.7. The molecule has 0 atom stereocenters. The molecule has 0 unspecified atom stereocenters. The molecule has 0 bridgehead atoms. The van der Waals surface area contributed by atoms with Gasteiger partial charge in [-0.1, -0.05) is 18.2 Å². The number of aromatic carboxylic acids is 1. The quantitative estimate of drug-likeness (QED) is 0.880. The summed E-state index contributed by atoms with van der Waals surface area (Å²) in [6, 6.07) is 7.95. The Morgan fingerprint density at radius 1 is 1.06 bits per heavy atom. The number of rotatable bonds is 2. The third-order valence-electron chi connectivity index (χ3n) is 2.77. The van der Waals surface area contributed by atoms with E-state index in [9.17, 15) is 13.6 Å². The third-order valence-corrected chi connectivity index (χ3v) is 2.77. The highest BCUT2D eigenvalue weighted by atomic mass is 19.1. The summed E-state index contributed by atoms with van der Waals surface area (Å²) in [5.74, 6) is -2.30. The summed E-state index contributed by atoms with van der Waals surface area (Å²) in [6.45, 7) is 1.55. The molecule has 2 nitrogen and oxygen atoms in total. The van der Waals surface area contributed by atoms with Crippen molar-refractivity contribution in [3.63, 3.8) is 0 Å². The van der Waals surface area contributed by atoms with E-state index in [1.54, 1.807) is 13.0 Å². The molecule has 0 saturated heterocycles. The molecular formula is C14H10F2O2. The SMILES string of the molecule is Cc1c(F)cccc1-c1ccc(C(=O)O)cc1F. The summed E-state index contributed by atoms with van der Waals surface area (Å²) >= 11 is 0. The molecule has 2 aromatic carbocycles. The number of hydrogen-bond donors (Lipinski definition) is 1. The lowest BCUT2D eigenvalue weighted by Gasteiger charge is -2.08. The predicted octanol–water partition coefficient (Wildman–Crippen LogP) is 3.64. The van der Waals surface area contributed by atoms with Crippen molar-refractivity contribution in [3.8, 4) is 11.1 Å². The monoisotopic (exact) mass is 248 g/mol. The Balaban J connectivity index is 2.58. The minimum Gasteiger partial charge on any atom is -0.478 e. The van der Waals surface area contributed by atoms with Crippen LogP contribution in [0.5, 0.6) is 0 Å². The molecule has 92 valence electrons. The predicted molar refractivity (Wildman–Crippen MR) is 63.5 cm³/mol. The van der Waals surface area contributed by atoms with Gasteiger partial charge in [-0.05, 0) is 36.2 Å². The van der Waals surface area contributed by atoms with Crippen LogP contribution in [0.25, 0.3) is 11.1 Å². The molecule has 1 N–H and O–H groups in total. The molecule has 0 radical (unpaired) electrons. The molecule has 2 aromatic rings. The van der Waals surface area contributed by atoms with E-state index in [0.29, 0.717) is 11.1 Å². The highest BCUT2D eigenvalue weighted by Gasteiger charge is 2.12. The van der Waals surface area contributed by atoms with Gasteiger partial charge in [0.15, 0.2) is 0 Å². The van der Waals surface area contributed by atoms with Crippen molar-refractivity contribution in [1.29, 1.82) is 0 Å². The first-order valence-electron chi connectivity index (χ1n) is 5.29. The van der Waals surface area contributed by atoms with Gasteiger partial charge >= 0.3 is 5.97 Å². The molecule has 0 spiro atoms. The van der Waals surface area contributed by atoms with Crippen LogP contribution in [-0.4, -0.2) is 11.1 Å². The van der Waals surface area contributed by atoms with Crippen LogP contribution < -0.4 is 0 Å². The number of carboxylic acids is 1. The van der Waals surface area contributed by atoms with Crippen molar-refractivity contribution in [1.82, 2.24) is 0 Å². The first kappa shape index (κ1) is 12.2. The van der Waals surface area contributed by atoms with Crippen LogP contribution in [0.2, 0.25) is 0 Å². The second-order valence-corrected chi connectivity index (χ2v) is 3.91. The molecule has 0 saturated carbocycles. The van der Waals surface area contributed by atoms with Gasteiger partial charge in [-0.3, -0.25) is 0 Å². The van der Waals surface area contributed by atoms with E-state index in [1.165, 1.54) is 24.3 Å². The largest absolute Gasteiger partial charge is 0.478 e. The van der Waals surface area contributed by atoms with Gasteiger partial charge in [0.05, 0.1) is 5.56 Å². The lowest BCUT2D eigenvalue weighted by Crippen LogP contribution is -1.98. The second kappa shape index (κ2) is 4.56. The van der Waals surface area contributed by atoms with Crippen molar-refractivity contribution in [2.45, 2.75) is 6.92 Å². The van der Waals surface area contributed by atoms with Crippen molar-refractivity contribution in [2.75, 3.05) is 0 Å². The molecule has 0 aliphatic rings. The molecule has 0 aliphatic carbocycles. The van der Waals surface area contributed by atoms with Gasteiger partial charge in [-0.2, -0.15) is 0 Å². The van der Waals surface area contributed by atoms with Crippen molar-refractivity contribution < 1.29 is 18.7 Å². The molecule has 0 aromatic heterocycles. The Morgan fingerprint density at radius 2 is 1.78 bits per heavy atom. The summed E-state index contributed by atoms with van der Waals surface area (Å²) in [7, 11) is 0. The maximum absolute atomic E-state index is 13.8. The van der Waals surface area contributed by atoms with Crippen LogP contribution in [0.15, 0.2) is 36.4 Å². The summed E-state index contributed by atoms with van der Waals surface area (Å²) < 4.78 is 27.2. The molecular weight excluding hydrogens is 238 g/mol. The Hall–Kier alpha value is -2.23. The Kier molecular flexibility index (Phi) is 3.10. The third kappa shape index (κ3) is 2.09. The van der Waals surface area contributed by atoms with Gasteiger partial charge in [0, 0.05) is 5.56 Å². The van der Waals surface area contributed by atoms with Crippen molar-refractivity contribution in [2.24, 2.45) is 0 Å². The topological polar surface area (TPSA) is 37.3 Å². The molecule has 2 rings (SSSR count). The van der Waals surface area contributed by atoms with E-state index in [2.05, 4.69) is 0 Å². The average molecular weight is 248 g/mol. The summed E-state index contributed by atoms with van der Waals surface area (Å²) in [5, 5.41) is 8.74. The van der Waals surface area contributed by atoms with E-state index < -0.39 is 17.6 Å². The fraction of sp³-hybridized carbons (Fsp3) is 0.0714. The van der Waals surface area contributed by atoms with Gasteiger partial charge in [0.1, 0.15) is 11.6 Å². The first-order valence-corrected chi connectivity index (χ1v) is 5.29. The van der Waals surface area contributed by atoms with Crippen LogP contribution in [0.3, 0.4) is 0 Å². The number of hydrogen-bond acceptors (Lipinski definition) is 1. The van der Waals surface area contributed by atoms with E-state index >= 15 is 0 Å². The van der Waals surface area contributed by atoms with Crippen LogP contribution in [0.1, 0.15) is 15.9 Å².